The number of carbonyl (C=O) groups excluding carboxylic acids is 2. The van der Waals surface area contributed by atoms with Gasteiger partial charge in [-0.2, -0.15) is 0 Å². The summed E-state index contributed by atoms with van der Waals surface area (Å²) in [5, 5.41) is 7.76. The standard InChI is InChI=1S/C22H20ClN3O2S/c23-16-7-2-3-8-17(16)25-22(28)21(27)24-14-19(20-10-5-13-29-20)26-12-11-15-6-1-4-9-18(15)26/h1-10,13,19H,11-12,14H2,(H,24,27)(H,25,28)/t19-/m1/s1. The molecule has 2 amide bonds. The fourth-order valence-electron chi connectivity index (χ4n) is 3.54. The van der Waals surface area contributed by atoms with Crippen molar-refractivity contribution in [1.82, 2.24) is 5.32 Å². The highest BCUT2D eigenvalue weighted by Crippen LogP contribution is 2.36. The van der Waals surface area contributed by atoms with Crippen molar-refractivity contribution in [3.63, 3.8) is 0 Å². The highest BCUT2D eigenvalue weighted by molar-refractivity contribution is 7.10. The molecular formula is C22H20ClN3O2S. The number of carbonyl (C=O) groups is 2. The van der Waals surface area contributed by atoms with Gasteiger partial charge in [0.2, 0.25) is 0 Å². The first-order chi connectivity index (χ1) is 14.1. The van der Waals surface area contributed by atoms with E-state index < -0.39 is 11.8 Å². The SMILES string of the molecule is O=C(NC[C@H](c1cccs1)N1CCc2ccccc21)C(=O)Nc1ccccc1Cl. The zero-order chi connectivity index (χ0) is 20.2. The first kappa shape index (κ1) is 19.5. The molecule has 3 aromatic rings. The van der Waals surface area contributed by atoms with Crippen molar-refractivity contribution >= 4 is 46.1 Å². The third kappa shape index (κ3) is 4.28. The normalized spacial score (nSPS) is 13.6. The Labute approximate surface area is 178 Å². The molecule has 0 fully saturated rings. The van der Waals surface area contributed by atoms with Gasteiger partial charge < -0.3 is 15.5 Å². The van der Waals surface area contributed by atoms with Gasteiger partial charge in [0, 0.05) is 23.7 Å². The Morgan fingerprint density at radius 3 is 2.62 bits per heavy atom. The molecule has 7 heteroatoms. The zero-order valence-electron chi connectivity index (χ0n) is 15.6. The number of benzene rings is 2. The number of thiophene rings is 1. The summed E-state index contributed by atoms with van der Waals surface area (Å²) in [6.45, 7) is 1.22. The number of nitrogens with zero attached hydrogens (tertiary/aromatic N) is 1. The van der Waals surface area contributed by atoms with E-state index in [1.165, 1.54) is 11.3 Å². The van der Waals surface area contributed by atoms with E-state index in [1.54, 1.807) is 35.6 Å². The molecule has 29 heavy (non-hydrogen) atoms. The Hall–Kier alpha value is -2.83. The van der Waals surface area contributed by atoms with E-state index in [9.17, 15) is 9.59 Å². The number of rotatable bonds is 5. The summed E-state index contributed by atoms with van der Waals surface area (Å²) in [6, 6.07) is 19.2. The molecule has 1 aliphatic rings. The van der Waals surface area contributed by atoms with Crippen LogP contribution >= 0.6 is 22.9 Å². The number of fused-ring (bicyclic) bond motifs is 1. The first-order valence-corrected chi connectivity index (χ1v) is 10.6. The lowest BCUT2D eigenvalue weighted by Crippen LogP contribution is -2.41. The lowest BCUT2D eigenvalue weighted by atomic mass is 10.1. The van der Waals surface area contributed by atoms with E-state index in [2.05, 4.69) is 33.7 Å². The summed E-state index contributed by atoms with van der Waals surface area (Å²) in [5.74, 6) is -1.41. The van der Waals surface area contributed by atoms with Crippen molar-refractivity contribution in [2.75, 3.05) is 23.3 Å². The highest BCUT2D eigenvalue weighted by Gasteiger charge is 2.28. The van der Waals surface area contributed by atoms with Crippen LogP contribution < -0.4 is 15.5 Å². The molecule has 148 valence electrons. The molecule has 0 unspecified atom stereocenters. The Kier molecular flexibility index (Phi) is 5.83. The zero-order valence-corrected chi connectivity index (χ0v) is 17.2. The molecule has 0 saturated heterocycles. The van der Waals surface area contributed by atoms with Gasteiger partial charge in [-0.25, -0.2) is 0 Å². The van der Waals surface area contributed by atoms with Crippen LogP contribution in [0, 0.1) is 0 Å². The number of hydrogen-bond acceptors (Lipinski definition) is 4. The smallest absolute Gasteiger partial charge is 0.313 e. The van der Waals surface area contributed by atoms with Crippen molar-refractivity contribution in [2.45, 2.75) is 12.5 Å². The fourth-order valence-corrected chi connectivity index (χ4v) is 4.57. The van der Waals surface area contributed by atoms with Crippen LogP contribution in [0.1, 0.15) is 16.5 Å². The lowest BCUT2D eigenvalue weighted by molar-refractivity contribution is -0.136. The van der Waals surface area contributed by atoms with E-state index >= 15 is 0 Å². The van der Waals surface area contributed by atoms with Gasteiger partial charge in [0.1, 0.15) is 0 Å². The second kappa shape index (κ2) is 8.68. The fraction of sp³-hybridized carbons (Fsp3) is 0.182. The Morgan fingerprint density at radius 1 is 1.03 bits per heavy atom. The summed E-state index contributed by atoms with van der Waals surface area (Å²) in [5.41, 5.74) is 2.90. The summed E-state index contributed by atoms with van der Waals surface area (Å²) in [7, 11) is 0. The van der Waals surface area contributed by atoms with Gasteiger partial charge in [0.05, 0.1) is 16.8 Å². The lowest BCUT2D eigenvalue weighted by Gasteiger charge is -2.30. The van der Waals surface area contributed by atoms with Gasteiger partial charge >= 0.3 is 11.8 Å². The summed E-state index contributed by atoms with van der Waals surface area (Å²) < 4.78 is 0. The van der Waals surface area contributed by atoms with E-state index in [0.29, 0.717) is 17.3 Å². The molecule has 0 spiro atoms. The molecule has 1 aromatic heterocycles. The van der Waals surface area contributed by atoms with Crippen molar-refractivity contribution in [2.24, 2.45) is 0 Å². The molecule has 0 radical (unpaired) electrons. The molecule has 5 nitrogen and oxygen atoms in total. The minimum atomic E-state index is -0.732. The van der Waals surface area contributed by atoms with Crippen LogP contribution in [0.3, 0.4) is 0 Å². The van der Waals surface area contributed by atoms with Crippen LogP contribution in [0.5, 0.6) is 0 Å². The predicted octanol–water partition coefficient (Wildman–Crippen LogP) is 4.26. The Morgan fingerprint density at radius 2 is 1.83 bits per heavy atom. The highest BCUT2D eigenvalue weighted by atomic mass is 35.5. The monoisotopic (exact) mass is 425 g/mol. The van der Waals surface area contributed by atoms with Crippen LogP contribution in [-0.2, 0) is 16.0 Å². The number of nitrogens with one attached hydrogen (secondary N) is 2. The van der Waals surface area contributed by atoms with Crippen LogP contribution in [0.4, 0.5) is 11.4 Å². The molecule has 1 aliphatic heterocycles. The van der Waals surface area contributed by atoms with Gasteiger partial charge in [-0.05, 0) is 41.6 Å². The largest absolute Gasteiger partial charge is 0.361 e. The molecule has 2 aromatic carbocycles. The van der Waals surface area contributed by atoms with Gasteiger partial charge in [-0.3, -0.25) is 9.59 Å². The van der Waals surface area contributed by atoms with Gasteiger partial charge in [-0.15, -0.1) is 11.3 Å². The quantitative estimate of drug-likeness (QED) is 0.600. The van der Waals surface area contributed by atoms with Gasteiger partial charge in [0.25, 0.3) is 0 Å². The number of para-hydroxylation sites is 2. The van der Waals surface area contributed by atoms with E-state index in [-0.39, 0.29) is 6.04 Å². The van der Waals surface area contributed by atoms with Crippen LogP contribution in [0.2, 0.25) is 5.02 Å². The minimum Gasteiger partial charge on any atom is -0.361 e. The first-order valence-electron chi connectivity index (χ1n) is 9.35. The minimum absolute atomic E-state index is 0.0317. The van der Waals surface area contributed by atoms with E-state index in [0.717, 1.165) is 17.8 Å². The maximum absolute atomic E-state index is 12.4. The number of halogens is 1. The topological polar surface area (TPSA) is 61.4 Å². The number of anilines is 2. The van der Waals surface area contributed by atoms with Crippen LogP contribution in [0.15, 0.2) is 66.0 Å². The number of hydrogen-bond donors (Lipinski definition) is 2. The molecule has 0 saturated carbocycles. The molecule has 2 heterocycles. The molecule has 0 aliphatic carbocycles. The molecule has 4 rings (SSSR count). The summed E-state index contributed by atoms with van der Waals surface area (Å²) in [4.78, 5) is 28.1. The Bertz CT molecular complexity index is 1020. The summed E-state index contributed by atoms with van der Waals surface area (Å²) >= 11 is 7.70. The van der Waals surface area contributed by atoms with Gasteiger partial charge in [-0.1, -0.05) is 48.0 Å². The number of amides is 2. The average molecular weight is 426 g/mol. The molecular weight excluding hydrogens is 406 g/mol. The third-order valence-electron chi connectivity index (χ3n) is 4.96. The van der Waals surface area contributed by atoms with Crippen LogP contribution in [0.25, 0.3) is 0 Å². The summed E-state index contributed by atoms with van der Waals surface area (Å²) in [6.07, 6.45) is 0.971. The van der Waals surface area contributed by atoms with Crippen molar-refractivity contribution in [3.8, 4) is 0 Å². The third-order valence-corrected chi connectivity index (χ3v) is 6.26. The van der Waals surface area contributed by atoms with Crippen LogP contribution in [-0.4, -0.2) is 24.9 Å². The average Bonchev–Trinajstić information content (AvgIpc) is 3.40. The van der Waals surface area contributed by atoms with Gasteiger partial charge in [0.15, 0.2) is 0 Å². The maximum atomic E-state index is 12.4. The maximum Gasteiger partial charge on any atom is 0.313 e. The molecule has 1 atom stereocenters. The predicted molar refractivity (Wildman–Crippen MR) is 118 cm³/mol. The second-order valence-electron chi connectivity index (χ2n) is 6.75. The second-order valence-corrected chi connectivity index (χ2v) is 8.13. The molecule has 2 N–H and O–H groups in total. The van der Waals surface area contributed by atoms with Crippen molar-refractivity contribution in [1.29, 1.82) is 0 Å². The van der Waals surface area contributed by atoms with E-state index in [4.69, 9.17) is 11.6 Å². The van der Waals surface area contributed by atoms with Crippen molar-refractivity contribution < 1.29 is 9.59 Å². The Balaban J connectivity index is 1.46. The van der Waals surface area contributed by atoms with Crippen molar-refractivity contribution in [3.05, 3.63) is 81.5 Å². The van der Waals surface area contributed by atoms with E-state index in [1.807, 2.05) is 23.6 Å². The molecule has 0 bridgehead atoms.